The van der Waals surface area contributed by atoms with Crippen molar-refractivity contribution in [1.82, 2.24) is 0 Å². The molecule has 10 aromatic rings. The van der Waals surface area contributed by atoms with E-state index >= 15 is 0 Å². The first-order valence-electron chi connectivity index (χ1n) is 18.7. The van der Waals surface area contributed by atoms with Crippen molar-refractivity contribution in [3.8, 4) is 22.3 Å². The number of thiophene rings is 1. The van der Waals surface area contributed by atoms with E-state index in [9.17, 15) is 0 Å². The van der Waals surface area contributed by atoms with E-state index in [1.54, 1.807) is 0 Å². The van der Waals surface area contributed by atoms with Gasteiger partial charge >= 0.3 is 0 Å². The average Bonchev–Trinajstić information content (AvgIpc) is 3.63. The number of hydrogen-bond donors (Lipinski definition) is 0. The average molecular weight is 721 g/mol. The largest absolute Gasteiger partial charge is 0.310 e. The molecule has 10 rings (SSSR count). The Morgan fingerprint density at radius 3 is 1.33 bits per heavy atom. The van der Waals surface area contributed by atoms with Crippen LogP contribution in [0, 0.1) is 0 Å². The summed E-state index contributed by atoms with van der Waals surface area (Å²) in [7, 11) is 0. The first kappa shape index (κ1) is 32.7. The van der Waals surface area contributed by atoms with E-state index < -0.39 is 0 Å². The third-order valence-electron chi connectivity index (χ3n) is 10.4. The van der Waals surface area contributed by atoms with Gasteiger partial charge in [0.15, 0.2) is 0 Å². The third-order valence-corrected chi connectivity index (χ3v) is 11.5. The number of fused-ring (bicyclic) bond motifs is 5. The van der Waals surface area contributed by atoms with E-state index in [1.165, 1.54) is 53.2 Å². The maximum Gasteiger partial charge on any atom is 0.0554 e. The van der Waals surface area contributed by atoms with Gasteiger partial charge in [0.2, 0.25) is 0 Å². The Labute approximate surface area is 325 Å². The molecule has 0 radical (unpaired) electrons. The number of nitrogens with zero attached hydrogens (tertiary/aromatic N) is 2. The van der Waals surface area contributed by atoms with Crippen LogP contribution in [-0.4, -0.2) is 0 Å². The van der Waals surface area contributed by atoms with Crippen LogP contribution in [-0.2, 0) is 0 Å². The van der Waals surface area contributed by atoms with Gasteiger partial charge in [0, 0.05) is 54.0 Å². The smallest absolute Gasteiger partial charge is 0.0554 e. The van der Waals surface area contributed by atoms with Gasteiger partial charge in [-0.05, 0) is 94.4 Å². The molecular formula is C52H36N2S. The molecule has 0 unspecified atom stereocenters. The van der Waals surface area contributed by atoms with Gasteiger partial charge in [0.25, 0.3) is 0 Å². The molecule has 0 saturated carbocycles. The minimum absolute atomic E-state index is 1.12. The summed E-state index contributed by atoms with van der Waals surface area (Å²) in [6, 6.07) is 78.7. The van der Waals surface area contributed by atoms with E-state index in [0.29, 0.717) is 0 Å². The Kier molecular flexibility index (Phi) is 8.40. The molecule has 0 fully saturated rings. The monoisotopic (exact) mass is 720 g/mol. The lowest BCUT2D eigenvalue weighted by molar-refractivity contribution is 1.29. The lowest BCUT2D eigenvalue weighted by Crippen LogP contribution is -2.10. The quantitative estimate of drug-likeness (QED) is 0.154. The van der Waals surface area contributed by atoms with Crippen molar-refractivity contribution in [3.05, 3.63) is 218 Å². The summed E-state index contributed by atoms with van der Waals surface area (Å²) in [5, 5.41) is 5.05. The van der Waals surface area contributed by atoms with Crippen LogP contribution in [0.1, 0.15) is 0 Å². The number of anilines is 6. The summed E-state index contributed by atoms with van der Waals surface area (Å²) in [5.74, 6) is 0. The van der Waals surface area contributed by atoms with Crippen molar-refractivity contribution >= 4 is 76.4 Å². The van der Waals surface area contributed by atoms with E-state index in [1.807, 2.05) is 11.3 Å². The highest BCUT2D eigenvalue weighted by atomic mass is 32.1. The van der Waals surface area contributed by atoms with Crippen molar-refractivity contribution in [2.75, 3.05) is 9.80 Å². The van der Waals surface area contributed by atoms with Crippen LogP contribution in [0.4, 0.5) is 34.1 Å². The van der Waals surface area contributed by atoms with Gasteiger partial charge < -0.3 is 9.80 Å². The van der Waals surface area contributed by atoms with Gasteiger partial charge in [0.05, 0.1) is 5.69 Å². The van der Waals surface area contributed by atoms with Crippen molar-refractivity contribution in [1.29, 1.82) is 0 Å². The first-order valence-corrected chi connectivity index (χ1v) is 19.5. The molecule has 0 atom stereocenters. The fraction of sp³-hybridized carbons (Fsp3) is 0. The zero-order chi connectivity index (χ0) is 36.6. The van der Waals surface area contributed by atoms with Gasteiger partial charge in [-0.25, -0.2) is 0 Å². The Morgan fingerprint density at radius 2 is 0.727 bits per heavy atom. The molecule has 0 aliphatic rings. The number of para-hydroxylation sites is 2. The molecule has 3 heteroatoms. The second-order valence-electron chi connectivity index (χ2n) is 13.8. The molecule has 2 nitrogen and oxygen atoms in total. The molecule has 1 heterocycles. The molecular weight excluding hydrogens is 685 g/mol. The van der Waals surface area contributed by atoms with Gasteiger partial charge in [-0.2, -0.15) is 0 Å². The summed E-state index contributed by atoms with van der Waals surface area (Å²) in [4.78, 5) is 4.79. The van der Waals surface area contributed by atoms with Crippen molar-refractivity contribution in [3.63, 3.8) is 0 Å². The molecule has 0 saturated heterocycles. The van der Waals surface area contributed by atoms with Crippen LogP contribution in [0.5, 0.6) is 0 Å². The van der Waals surface area contributed by atoms with Gasteiger partial charge in [0.1, 0.15) is 0 Å². The van der Waals surface area contributed by atoms with Crippen LogP contribution in [0.15, 0.2) is 218 Å². The van der Waals surface area contributed by atoms with Crippen molar-refractivity contribution < 1.29 is 0 Å². The fourth-order valence-corrected chi connectivity index (χ4v) is 9.06. The van der Waals surface area contributed by atoms with Gasteiger partial charge in [-0.3, -0.25) is 0 Å². The predicted octanol–water partition coefficient (Wildman–Crippen LogP) is 15.5. The number of rotatable bonds is 8. The van der Waals surface area contributed by atoms with E-state index in [4.69, 9.17) is 0 Å². The Bertz CT molecular complexity index is 2920. The van der Waals surface area contributed by atoms with Crippen LogP contribution in [0.25, 0.3) is 53.2 Å². The van der Waals surface area contributed by atoms with Crippen LogP contribution >= 0.6 is 11.3 Å². The summed E-state index contributed by atoms with van der Waals surface area (Å²) in [6.07, 6.45) is 0. The van der Waals surface area contributed by atoms with Crippen molar-refractivity contribution in [2.45, 2.75) is 0 Å². The maximum atomic E-state index is 2.42. The topological polar surface area (TPSA) is 6.48 Å². The van der Waals surface area contributed by atoms with Gasteiger partial charge in [-0.15, -0.1) is 11.3 Å². The second kappa shape index (κ2) is 14.1. The summed E-state index contributed by atoms with van der Waals surface area (Å²) >= 11 is 1.87. The molecule has 9 aromatic carbocycles. The van der Waals surface area contributed by atoms with Crippen LogP contribution in [0.2, 0.25) is 0 Å². The maximum absolute atomic E-state index is 2.42. The van der Waals surface area contributed by atoms with E-state index in [2.05, 4.69) is 228 Å². The van der Waals surface area contributed by atoms with Crippen LogP contribution < -0.4 is 9.80 Å². The van der Waals surface area contributed by atoms with Crippen LogP contribution in [0.3, 0.4) is 0 Å². The number of hydrogen-bond acceptors (Lipinski definition) is 3. The van der Waals surface area contributed by atoms with E-state index in [-0.39, 0.29) is 0 Å². The Balaban J connectivity index is 1.15. The molecule has 260 valence electrons. The normalized spacial score (nSPS) is 11.3. The predicted molar refractivity (Wildman–Crippen MR) is 237 cm³/mol. The highest BCUT2D eigenvalue weighted by Crippen LogP contribution is 2.48. The second-order valence-corrected chi connectivity index (χ2v) is 14.9. The summed E-state index contributed by atoms with van der Waals surface area (Å²) < 4.78 is 2.52. The third kappa shape index (κ3) is 6.11. The highest BCUT2D eigenvalue weighted by Gasteiger charge is 2.21. The molecule has 55 heavy (non-hydrogen) atoms. The highest BCUT2D eigenvalue weighted by molar-refractivity contribution is 7.26. The minimum atomic E-state index is 1.12. The minimum Gasteiger partial charge on any atom is -0.310 e. The lowest BCUT2D eigenvalue weighted by atomic mass is 10.00. The molecule has 0 aliphatic carbocycles. The molecule has 0 aliphatic heterocycles. The fourth-order valence-electron chi connectivity index (χ4n) is 7.87. The molecule has 0 spiro atoms. The zero-order valence-electron chi connectivity index (χ0n) is 30.1. The number of benzene rings is 9. The molecule has 0 N–H and O–H groups in total. The Morgan fingerprint density at radius 1 is 0.273 bits per heavy atom. The van der Waals surface area contributed by atoms with E-state index in [0.717, 1.165) is 34.1 Å². The SMILES string of the molecule is c1ccc(-c2cccc(N(c3ccccc3)c3ccc4c(c3)sc3cc(N(c5ccccc5)c5cccc(-c6ccccc6)c5)c5ccccc5c34)c2)cc1. The Hall–Kier alpha value is -6.94. The molecule has 0 bridgehead atoms. The summed E-state index contributed by atoms with van der Waals surface area (Å²) in [5.41, 5.74) is 11.6. The van der Waals surface area contributed by atoms with Crippen molar-refractivity contribution in [2.24, 2.45) is 0 Å². The molecule has 0 amide bonds. The zero-order valence-corrected chi connectivity index (χ0v) is 30.9. The summed E-state index contributed by atoms with van der Waals surface area (Å²) in [6.45, 7) is 0. The standard InChI is InChI=1S/C52H36N2S/c1-5-17-37(18-6-1)39-21-15-27-43(33-39)53(41-23-9-3-10-24-41)45-31-32-48-50(35-45)55-51-36-49(46-29-13-14-30-47(46)52(48)51)54(42-25-11-4-12-26-42)44-28-16-22-40(34-44)38-19-7-2-8-20-38/h1-36H. The van der Waals surface area contributed by atoms with Gasteiger partial charge in [-0.1, -0.05) is 152 Å². The molecule has 1 aromatic heterocycles. The first-order chi connectivity index (χ1) is 27.3. The lowest BCUT2D eigenvalue weighted by Gasteiger charge is -2.27.